The summed E-state index contributed by atoms with van der Waals surface area (Å²) >= 11 is 24.4. The van der Waals surface area contributed by atoms with Crippen LogP contribution in [0.3, 0.4) is 0 Å². The number of imide groups is 1. The number of esters is 1. The van der Waals surface area contributed by atoms with Gasteiger partial charge >= 0.3 is 5.97 Å². The van der Waals surface area contributed by atoms with Gasteiger partial charge in [-0.25, -0.2) is 4.79 Å². The van der Waals surface area contributed by atoms with Gasteiger partial charge in [-0.2, -0.15) is 0 Å². The van der Waals surface area contributed by atoms with Gasteiger partial charge in [-0.3, -0.25) is 19.3 Å². The predicted octanol–water partition coefficient (Wildman–Crippen LogP) is 5.41. The zero-order chi connectivity index (χ0) is 24.6. The standard InChI is InChI=1S/C22H18Cl4N2O5/c1-9(2)19(22(32)33-8-12(29)27-11-6-4-10(3)5-7-11)28-20(30)13-14(21(28)31)16(24)18(26)17(25)15(13)23/h4-7,9,19H,8H2,1-3H3,(H,27,29). The number of fused-ring (bicyclic) bond motifs is 1. The largest absolute Gasteiger partial charge is 0.454 e. The topological polar surface area (TPSA) is 92.8 Å². The Balaban J connectivity index is 1.80. The zero-order valence-electron chi connectivity index (χ0n) is 17.7. The number of benzene rings is 2. The average Bonchev–Trinajstić information content (AvgIpc) is 3.01. The summed E-state index contributed by atoms with van der Waals surface area (Å²) < 4.78 is 5.12. The lowest BCUT2D eigenvalue weighted by Gasteiger charge is -2.27. The van der Waals surface area contributed by atoms with Gasteiger partial charge < -0.3 is 10.1 Å². The number of hydrogen-bond acceptors (Lipinski definition) is 5. The summed E-state index contributed by atoms with van der Waals surface area (Å²) in [5.41, 5.74) is 1.07. The minimum Gasteiger partial charge on any atom is -0.454 e. The van der Waals surface area contributed by atoms with Gasteiger partial charge in [0.05, 0.1) is 31.2 Å². The summed E-state index contributed by atoms with van der Waals surface area (Å²) in [4.78, 5) is 51.9. The fraction of sp³-hybridized carbons (Fsp3) is 0.273. The van der Waals surface area contributed by atoms with Crippen molar-refractivity contribution in [1.82, 2.24) is 4.90 Å². The second kappa shape index (κ2) is 9.89. The Labute approximate surface area is 209 Å². The molecule has 3 rings (SSSR count). The molecule has 2 aromatic rings. The van der Waals surface area contributed by atoms with Gasteiger partial charge in [0, 0.05) is 5.69 Å². The maximum atomic E-state index is 13.1. The van der Waals surface area contributed by atoms with E-state index in [-0.39, 0.29) is 31.2 Å². The molecular weight excluding hydrogens is 514 g/mol. The normalized spacial score (nSPS) is 13.9. The van der Waals surface area contributed by atoms with E-state index in [2.05, 4.69) is 5.32 Å². The number of aryl methyl sites for hydroxylation is 1. The van der Waals surface area contributed by atoms with Crippen molar-refractivity contribution in [2.45, 2.75) is 26.8 Å². The van der Waals surface area contributed by atoms with E-state index in [1.807, 2.05) is 19.1 Å². The van der Waals surface area contributed by atoms with Crippen LogP contribution in [0.1, 0.15) is 40.1 Å². The van der Waals surface area contributed by atoms with Crippen molar-refractivity contribution in [2.75, 3.05) is 11.9 Å². The number of amides is 3. The number of carbonyl (C=O) groups excluding carboxylic acids is 4. The van der Waals surface area contributed by atoms with Gasteiger partial charge in [-0.15, -0.1) is 0 Å². The Morgan fingerprint density at radius 2 is 1.39 bits per heavy atom. The molecule has 174 valence electrons. The van der Waals surface area contributed by atoms with Crippen LogP contribution in [-0.4, -0.2) is 41.2 Å². The van der Waals surface area contributed by atoms with Crippen LogP contribution in [0.25, 0.3) is 0 Å². The SMILES string of the molecule is Cc1ccc(NC(=O)COC(=O)C(C(C)C)N2C(=O)c3c(Cl)c(Cl)c(Cl)c(Cl)c3C2=O)cc1. The first-order valence-electron chi connectivity index (χ1n) is 9.72. The number of carbonyl (C=O) groups is 4. The minimum atomic E-state index is -1.34. The molecule has 1 atom stereocenters. The summed E-state index contributed by atoms with van der Waals surface area (Å²) in [5, 5.41) is 1.75. The highest BCUT2D eigenvalue weighted by molar-refractivity contribution is 6.55. The average molecular weight is 532 g/mol. The van der Waals surface area contributed by atoms with Crippen LogP contribution in [0.2, 0.25) is 20.1 Å². The fourth-order valence-electron chi connectivity index (χ4n) is 3.35. The third-order valence-corrected chi connectivity index (χ3v) is 6.77. The molecule has 0 spiro atoms. The third-order valence-electron chi connectivity index (χ3n) is 4.96. The van der Waals surface area contributed by atoms with E-state index in [0.717, 1.165) is 5.56 Å². The maximum Gasteiger partial charge on any atom is 0.330 e. The molecule has 1 aliphatic heterocycles. The van der Waals surface area contributed by atoms with E-state index in [0.29, 0.717) is 10.6 Å². The van der Waals surface area contributed by atoms with Crippen molar-refractivity contribution in [1.29, 1.82) is 0 Å². The zero-order valence-corrected chi connectivity index (χ0v) is 20.7. The molecule has 11 heteroatoms. The van der Waals surface area contributed by atoms with Crippen LogP contribution in [0.4, 0.5) is 5.69 Å². The van der Waals surface area contributed by atoms with Gasteiger partial charge in [0.25, 0.3) is 17.7 Å². The lowest BCUT2D eigenvalue weighted by Crippen LogP contribution is -2.49. The Morgan fingerprint density at radius 3 is 1.85 bits per heavy atom. The summed E-state index contributed by atoms with van der Waals surface area (Å²) in [6.45, 7) is 4.52. The first kappa shape index (κ1) is 25.3. The highest BCUT2D eigenvalue weighted by Crippen LogP contribution is 2.45. The van der Waals surface area contributed by atoms with Crippen LogP contribution in [0.5, 0.6) is 0 Å². The van der Waals surface area contributed by atoms with Gasteiger partial charge in [-0.1, -0.05) is 77.9 Å². The van der Waals surface area contributed by atoms with Crippen molar-refractivity contribution in [3.8, 4) is 0 Å². The van der Waals surface area contributed by atoms with Gasteiger partial charge in [0.1, 0.15) is 6.04 Å². The highest BCUT2D eigenvalue weighted by Gasteiger charge is 2.48. The third kappa shape index (κ3) is 4.82. The van der Waals surface area contributed by atoms with E-state index >= 15 is 0 Å². The second-order valence-electron chi connectivity index (χ2n) is 7.70. The Kier molecular flexibility index (Phi) is 7.59. The van der Waals surface area contributed by atoms with Crippen LogP contribution in [0.15, 0.2) is 24.3 Å². The molecule has 3 amide bonds. The predicted molar refractivity (Wildman–Crippen MR) is 126 cm³/mol. The summed E-state index contributed by atoms with van der Waals surface area (Å²) in [5.74, 6) is -3.80. The van der Waals surface area contributed by atoms with Crippen LogP contribution >= 0.6 is 46.4 Å². The number of hydrogen-bond donors (Lipinski definition) is 1. The number of halogens is 4. The van der Waals surface area contributed by atoms with Crippen LogP contribution in [0, 0.1) is 12.8 Å². The minimum absolute atomic E-state index is 0.179. The number of nitrogens with one attached hydrogen (secondary N) is 1. The molecule has 7 nitrogen and oxygen atoms in total. The molecule has 0 fully saturated rings. The first-order valence-corrected chi connectivity index (χ1v) is 11.2. The molecule has 1 N–H and O–H groups in total. The lowest BCUT2D eigenvalue weighted by atomic mass is 10.0. The molecular formula is C22H18Cl4N2O5. The number of ether oxygens (including phenoxy) is 1. The Bertz CT molecular complexity index is 1120. The molecule has 1 unspecified atom stereocenters. The molecule has 0 bridgehead atoms. The highest BCUT2D eigenvalue weighted by atomic mass is 35.5. The van der Waals surface area contributed by atoms with Crippen molar-refractivity contribution < 1.29 is 23.9 Å². The smallest absolute Gasteiger partial charge is 0.330 e. The first-order chi connectivity index (χ1) is 15.5. The van der Waals surface area contributed by atoms with Crippen molar-refractivity contribution in [2.24, 2.45) is 5.92 Å². The van der Waals surface area contributed by atoms with E-state index < -0.39 is 42.3 Å². The van der Waals surface area contributed by atoms with Crippen molar-refractivity contribution >= 4 is 75.8 Å². The maximum absolute atomic E-state index is 13.1. The number of rotatable bonds is 6. The van der Waals surface area contributed by atoms with E-state index in [4.69, 9.17) is 51.1 Å². The molecule has 2 aromatic carbocycles. The van der Waals surface area contributed by atoms with Crippen LogP contribution < -0.4 is 5.32 Å². The molecule has 0 saturated heterocycles. The van der Waals surface area contributed by atoms with E-state index in [1.54, 1.807) is 26.0 Å². The second-order valence-corrected chi connectivity index (χ2v) is 9.21. The van der Waals surface area contributed by atoms with Crippen molar-refractivity contribution in [3.05, 3.63) is 61.0 Å². The van der Waals surface area contributed by atoms with E-state index in [9.17, 15) is 19.2 Å². The van der Waals surface area contributed by atoms with Gasteiger partial charge in [0.2, 0.25) is 0 Å². The van der Waals surface area contributed by atoms with Crippen LogP contribution in [-0.2, 0) is 14.3 Å². The molecule has 0 aromatic heterocycles. The molecule has 1 heterocycles. The van der Waals surface area contributed by atoms with Gasteiger partial charge in [-0.05, 0) is 25.0 Å². The van der Waals surface area contributed by atoms with E-state index in [1.165, 1.54) is 0 Å². The Morgan fingerprint density at radius 1 is 0.909 bits per heavy atom. The lowest BCUT2D eigenvalue weighted by molar-refractivity contribution is -0.152. The monoisotopic (exact) mass is 530 g/mol. The van der Waals surface area contributed by atoms with Crippen molar-refractivity contribution in [3.63, 3.8) is 0 Å². The number of nitrogens with zero attached hydrogens (tertiary/aromatic N) is 1. The molecule has 33 heavy (non-hydrogen) atoms. The van der Waals surface area contributed by atoms with Gasteiger partial charge in [0.15, 0.2) is 6.61 Å². The number of anilines is 1. The molecule has 0 radical (unpaired) electrons. The fourth-order valence-corrected chi connectivity index (χ4v) is 4.37. The summed E-state index contributed by atoms with van der Waals surface area (Å²) in [6, 6.07) is 5.69. The quantitative estimate of drug-likeness (QED) is 0.233. The Hall–Kier alpha value is -2.32. The summed E-state index contributed by atoms with van der Waals surface area (Å²) in [7, 11) is 0. The molecule has 0 aliphatic carbocycles. The summed E-state index contributed by atoms with van der Waals surface area (Å²) in [6.07, 6.45) is 0. The molecule has 1 aliphatic rings. The molecule has 0 saturated carbocycles.